The molecule has 0 heterocycles. The van der Waals surface area contributed by atoms with Crippen molar-refractivity contribution in [1.82, 2.24) is 10.6 Å². The SMILES string of the molecule is O=C(NCCBr)NC1c2ccc(Cl)c(Cl)c2CC1Cl. The number of urea groups is 1. The van der Waals surface area contributed by atoms with E-state index in [0.717, 1.165) is 11.1 Å². The molecule has 0 saturated heterocycles. The van der Waals surface area contributed by atoms with Gasteiger partial charge in [-0.1, -0.05) is 45.2 Å². The van der Waals surface area contributed by atoms with E-state index < -0.39 is 0 Å². The second-order valence-electron chi connectivity index (χ2n) is 4.22. The number of nitrogens with one attached hydrogen (secondary N) is 2. The maximum Gasteiger partial charge on any atom is 0.315 e. The maximum atomic E-state index is 11.7. The topological polar surface area (TPSA) is 41.1 Å². The van der Waals surface area contributed by atoms with E-state index in [4.69, 9.17) is 34.8 Å². The Bertz CT molecular complexity index is 498. The first-order valence-corrected chi connectivity index (χ1v) is 8.07. The lowest BCUT2D eigenvalue weighted by atomic mass is 10.1. The van der Waals surface area contributed by atoms with E-state index in [2.05, 4.69) is 26.6 Å². The number of alkyl halides is 2. The summed E-state index contributed by atoms with van der Waals surface area (Å²) in [7, 11) is 0. The standard InChI is InChI=1S/C12H12BrCl3N2O/c13-3-4-17-12(19)18-11-6-1-2-8(14)10(16)7(6)5-9(11)15/h1-2,9,11H,3-5H2,(H2,17,18,19). The molecule has 0 bridgehead atoms. The zero-order valence-electron chi connectivity index (χ0n) is 9.85. The van der Waals surface area contributed by atoms with E-state index in [1.54, 1.807) is 6.07 Å². The third kappa shape index (κ3) is 3.30. The van der Waals surface area contributed by atoms with Crippen molar-refractivity contribution in [3.05, 3.63) is 33.3 Å². The van der Waals surface area contributed by atoms with Gasteiger partial charge in [-0.25, -0.2) is 4.79 Å². The van der Waals surface area contributed by atoms with Crippen LogP contribution in [0, 0.1) is 0 Å². The van der Waals surface area contributed by atoms with Gasteiger partial charge in [-0.15, -0.1) is 11.6 Å². The third-order valence-electron chi connectivity index (χ3n) is 2.99. The van der Waals surface area contributed by atoms with Gasteiger partial charge in [-0.05, 0) is 23.6 Å². The number of carbonyl (C=O) groups is 1. The second-order valence-corrected chi connectivity index (χ2v) is 6.35. The molecule has 1 aromatic rings. The molecule has 0 aromatic heterocycles. The Kier molecular flexibility index (Phi) is 5.23. The fourth-order valence-electron chi connectivity index (χ4n) is 2.14. The summed E-state index contributed by atoms with van der Waals surface area (Å²) < 4.78 is 0. The van der Waals surface area contributed by atoms with Crippen LogP contribution < -0.4 is 10.6 Å². The van der Waals surface area contributed by atoms with Gasteiger partial charge in [-0.2, -0.15) is 0 Å². The lowest BCUT2D eigenvalue weighted by Crippen LogP contribution is -2.40. The number of rotatable bonds is 3. The summed E-state index contributed by atoms with van der Waals surface area (Å²) in [5, 5.41) is 7.10. The molecule has 0 fully saturated rings. The summed E-state index contributed by atoms with van der Waals surface area (Å²) in [6, 6.07) is 3.10. The van der Waals surface area contributed by atoms with Crippen molar-refractivity contribution in [2.45, 2.75) is 17.8 Å². The predicted octanol–water partition coefficient (Wildman–Crippen LogP) is 3.89. The Morgan fingerprint density at radius 1 is 1.42 bits per heavy atom. The van der Waals surface area contributed by atoms with Gasteiger partial charge in [0, 0.05) is 11.9 Å². The molecule has 3 nitrogen and oxygen atoms in total. The third-order valence-corrected chi connectivity index (χ3v) is 4.64. The predicted molar refractivity (Wildman–Crippen MR) is 82.9 cm³/mol. The second kappa shape index (κ2) is 6.53. The molecule has 104 valence electrons. The monoisotopic (exact) mass is 384 g/mol. The molecule has 0 saturated carbocycles. The molecule has 2 amide bonds. The summed E-state index contributed by atoms with van der Waals surface area (Å²) >= 11 is 21.7. The number of hydrogen-bond donors (Lipinski definition) is 2. The van der Waals surface area contributed by atoms with Crippen molar-refractivity contribution in [3.63, 3.8) is 0 Å². The molecule has 2 rings (SSSR count). The largest absolute Gasteiger partial charge is 0.337 e. The highest BCUT2D eigenvalue weighted by Gasteiger charge is 2.34. The van der Waals surface area contributed by atoms with Crippen molar-refractivity contribution in [2.75, 3.05) is 11.9 Å². The van der Waals surface area contributed by atoms with E-state index >= 15 is 0 Å². The first kappa shape index (κ1) is 15.2. The van der Waals surface area contributed by atoms with Crippen molar-refractivity contribution in [1.29, 1.82) is 0 Å². The van der Waals surface area contributed by atoms with Crippen LogP contribution in [0.1, 0.15) is 17.2 Å². The van der Waals surface area contributed by atoms with Crippen molar-refractivity contribution >= 4 is 56.8 Å². The van der Waals surface area contributed by atoms with Gasteiger partial charge in [0.25, 0.3) is 0 Å². The molecule has 2 atom stereocenters. The van der Waals surface area contributed by atoms with Crippen LogP contribution in [-0.2, 0) is 6.42 Å². The number of benzene rings is 1. The van der Waals surface area contributed by atoms with Crippen LogP contribution in [0.4, 0.5) is 4.79 Å². The molecule has 2 N–H and O–H groups in total. The number of hydrogen-bond acceptors (Lipinski definition) is 1. The smallest absolute Gasteiger partial charge is 0.315 e. The van der Waals surface area contributed by atoms with Crippen LogP contribution in [0.2, 0.25) is 10.0 Å². The van der Waals surface area contributed by atoms with Crippen molar-refractivity contribution < 1.29 is 4.79 Å². The Labute approximate surface area is 135 Å². The molecular formula is C12H12BrCl3N2O. The van der Waals surface area contributed by atoms with E-state index in [-0.39, 0.29) is 17.5 Å². The quantitative estimate of drug-likeness (QED) is 0.761. The van der Waals surface area contributed by atoms with Crippen molar-refractivity contribution in [3.8, 4) is 0 Å². The average Bonchev–Trinajstić information content (AvgIpc) is 2.69. The van der Waals surface area contributed by atoms with Gasteiger partial charge in [0.05, 0.1) is 21.5 Å². The van der Waals surface area contributed by atoms with Crippen LogP contribution in [0.5, 0.6) is 0 Å². The van der Waals surface area contributed by atoms with Crippen LogP contribution >= 0.6 is 50.7 Å². The Morgan fingerprint density at radius 3 is 2.84 bits per heavy atom. The molecule has 1 aliphatic carbocycles. The molecule has 0 radical (unpaired) electrons. The van der Waals surface area contributed by atoms with E-state index in [0.29, 0.717) is 28.3 Å². The molecule has 1 aliphatic rings. The van der Waals surface area contributed by atoms with E-state index in [9.17, 15) is 4.79 Å². The minimum absolute atomic E-state index is 0.222. The van der Waals surface area contributed by atoms with Gasteiger partial charge >= 0.3 is 6.03 Å². The van der Waals surface area contributed by atoms with Crippen LogP contribution in [0.3, 0.4) is 0 Å². The first-order valence-electron chi connectivity index (χ1n) is 5.75. The fourth-order valence-corrected chi connectivity index (χ4v) is 3.11. The highest BCUT2D eigenvalue weighted by molar-refractivity contribution is 9.09. The minimum Gasteiger partial charge on any atom is -0.337 e. The Morgan fingerprint density at radius 2 is 2.16 bits per heavy atom. The molecule has 0 spiro atoms. The summed E-state index contributed by atoms with van der Waals surface area (Å²) in [5.74, 6) is 0. The summed E-state index contributed by atoms with van der Waals surface area (Å²) in [6.45, 7) is 0.555. The number of fused-ring (bicyclic) bond motifs is 1. The lowest BCUT2D eigenvalue weighted by molar-refractivity contribution is 0.238. The van der Waals surface area contributed by atoms with Crippen molar-refractivity contribution in [2.24, 2.45) is 0 Å². The lowest BCUT2D eigenvalue weighted by Gasteiger charge is -2.17. The van der Waals surface area contributed by atoms with E-state index in [1.165, 1.54) is 0 Å². The number of halogens is 4. The zero-order chi connectivity index (χ0) is 14.0. The summed E-state index contributed by atoms with van der Waals surface area (Å²) in [6.07, 6.45) is 0.597. The van der Waals surface area contributed by atoms with Crippen LogP contribution in [-0.4, -0.2) is 23.3 Å². The highest BCUT2D eigenvalue weighted by atomic mass is 79.9. The molecule has 19 heavy (non-hydrogen) atoms. The molecule has 2 unspecified atom stereocenters. The zero-order valence-corrected chi connectivity index (χ0v) is 13.7. The maximum absolute atomic E-state index is 11.7. The van der Waals surface area contributed by atoms with Gasteiger partial charge in [0.15, 0.2) is 0 Å². The fraction of sp³-hybridized carbons (Fsp3) is 0.417. The number of amides is 2. The van der Waals surface area contributed by atoms with Gasteiger partial charge in [-0.3, -0.25) is 0 Å². The molecule has 1 aromatic carbocycles. The highest BCUT2D eigenvalue weighted by Crippen LogP contribution is 2.41. The van der Waals surface area contributed by atoms with Gasteiger partial charge in [0.1, 0.15) is 0 Å². The van der Waals surface area contributed by atoms with E-state index in [1.807, 2.05) is 6.07 Å². The molecule has 0 aliphatic heterocycles. The van der Waals surface area contributed by atoms with Crippen LogP contribution in [0.25, 0.3) is 0 Å². The molecular weight excluding hydrogens is 374 g/mol. The summed E-state index contributed by atoms with van der Waals surface area (Å²) in [5.41, 5.74) is 1.85. The van der Waals surface area contributed by atoms with Crippen LogP contribution in [0.15, 0.2) is 12.1 Å². The average molecular weight is 387 g/mol. The normalized spacial score (nSPS) is 21.1. The Balaban J connectivity index is 2.16. The first-order chi connectivity index (χ1) is 9.04. The minimum atomic E-state index is -0.248. The summed E-state index contributed by atoms with van der Waals surface area (Å²) in [4.78, 5) is 11.7. The van der Waals surface area contributed by atoms with Gasteiger partial charge in [0.2, 0.25) is 0 Å². The molecule has 7 heteroatoms. The Hall–Kier alpha value is -0.160. The van der Waals surface area contributed by atoms with Gasteiger partial charge < -0.3 is 10.6 Å². The number of carbonyl (C=O) groups excluding carboxylic acids is 1.